The fourth-order valence-corrected chi connectivity index (χ4v) is 2.96. The number of aryl methyl sites for hydroxylation is 1. The molecule has 1 unspecified atom stereocenters. The summed E-state index contributed by atoms with van der Waals surface area (Å²) < 4.78 is 13.1. The highest BCUT2D eigenvalue weighted by Crippen LogP contribution is 2.19. The van der Waals surface area contributed by atoms with E-state index in [1.165, 1.54) is 15.8 Å². The number of rotatable bonds is 4. The molecule has 0 spiro atoms. The van der Waals surface area contributed by atoms with Gasteiger partial charge in [-0.1, -0.05) is 0 Å². The molecule has 3 nitrogen and oxygen atoms in total. The molecule has 106 valence electrons. The number of thiophene rings is 1. The van der Waals surface area contributed by atoms with Crippen molar-refractivity contribution in [2.45, 2.75) is 26.3 Å². The van der Waals surface area contributed by atoms with Crippen LogP contribution in [0.4, 0.5) is 4.39 Å². The number of phenolic OH excluding ortho intramolecular Hbond substituents is 1. The molecular formula is C15H16FNO2S. The maximum atomic E-state index is 13.1. The van der Waals surface area contributed by atoms with Crippen LogP contribution in [0.1, 0.15) is 27.0 Å². The van der Waals surface area contributed by atoms with Crippen LogP contribution in [0.3, 0.4) is 0 Å². The minimum atomic E-state index is -0.547. The zero-order valence-electron chi connectivity index (χ0n) is 11.3. The van der Waals surface area contributed by atoms with Crippen LogP contribution in [0.2, 0.25) is 0 Å². The molecule has 0 saturated heterocycles. The minimum absolute atomic E-state index is 0.0424. The largest absolute Gasteiger partial charge is 0.507 e. The molecule has 0 aliphatic heterocycles. The molecule has 0 saturated carbocycles. The maximum absolute atomic E-state index is 13.1. The van der Waals surface area contributed by atoms with E-state index in [1.54, 1.807) is 11.3 Å². The summed E-state index contributed by atoms with van der Waals surface area (Å²) in [5.74, 6) is -1.24. The highest BCUT2D eigenvalue weighted by Gasteiger charge is 2.15. The number of carbonyl (C=O) groups is 1. The summed E-state index contributed by atoms with van der Waals surface area (Å²) in [6, 6.07) is 7.30. The lowest BCUT2D eigenvalue weighted by Crippen LogP contribution is -2.34. The molecule has 1 aromatic heterocycles. The molecule has 1 aromatic carbocycles. The van der Waals surface area contributed by atoms with Gasteiger partial charge in [0.25, 0.3) is 5.91 Å². The van der Waals surface area contributed by atoms with Gasteiger partial charge in [0.1, 0.15) is 11.6 Å². The van der Waals surface area contributed by atoms with Crippen molar-refractivity contribution < 1.29 is 14.3 Å². The first-order valence-electron chi connectivity index (χ1n) is 6.30. The summed E-state index contributed by atoms with van der Waals surface area (Å²) in [5.41, 5.74) is -0.0424. The molecule has 20 heavy (non-hydrogen) atoms. The second-order valence-corrected chi connectivity index (χ2v) is 6.12. The standard InChI is InChI=1S/C15H16FNO2S/c1-9(7-12-5-3-10(2)20-12)17-15(19)13-8-11(16)4-6-14(13)18/h3-6,8-9,18H,7H2,1-2H3,(H,17,19). The number of amides is 1. The number of hydrogen-bond acceptors (Lipinski definition) is 3. The lowest BCUT2D eigenvalue weighted by Gasteiger charge is -2.13. The van der Waals surface area contributed by atoms with Crippen LogP contribution in [-0.2, 0) is 6.42 Å². The smallest absolute Gasteiger partial charge is 0.255 e. The second kappa shape index (κ2) is 6.05. The van der Waals surface area contributed by atoms with E-state index in [0.717, 1.165) is 12.1 Å². The highest BCUT2D eigenvalue weighted by molar-refractivity contribution is 7.11. The summed E-state index contributed by atoms with van der Waals surface area (Å²) in [6.45, 7) is 3.91. The van der Waals surface area contributed by atoms with E-state index in [1.807, 2.05) is 26.0 Å². The van der Waals surface area contributed by atoms with Crippen molar-refractivity contribution in [2.24, 2.45) is 0 Å². The monoisotopic (exact) mass is 293 g/mol. The number of benzene rings is 1. The Morgan fingerprint density at radius 3 is 2.80 bits per heavy atom. The number of phenols is 1. The first kappa shape index (κ1) is 14.5. The van der Waals surface area contributed by atoms with Crippen molar-refractivity contribution in [3.05, 3.63) is 51.5 Å². The lowest BCUT2D eigenvalue weighted by molar-refractivity contribution is 0.0937. The molecule has 1 heterocycles. The Morgan fingerprint density at radius 2 is 2.15 bits per heavy atom. The predicted molar refractivity (Wildman–Crippen MR) is 77.8 cm³/mol. The van der Waals surface area contributed by atoms with Crippen LogP contribution >= 0.6 is 11.3 Å². The van der Waals surface area contributed by atoms with E-state index in [-0.39, 0.29) is 17.4 Å². The normalized spacial score (nSPS) is 12.2. The minimum Gasteiger partial charge on any atom is -0.507 e. The maximum Gasteiger partial charge on any atom is 0.255 e. The van der Waals surface area contributed by atoms with Gasteiger partial charge >= 0.3 is 0 Å². The molecule has 0 aliphatic rings. The zero-order valence-corrected chi connectivity index (χ0v) is 12.1. The lowest BCUT2D eigenvalue weighted by atomic mass is 10.1. The van der Waals surface area contributed by atoms with Gasteiger partial charge in [0.2, 0.25) is 0 Å². The van der Waals surface area contributed by atoms with Gasteiger partial charge in [0.05, 0.1) is 5.56 Å². The summed E-state index contributed by atoms with van der Waals surface area (Å²) in [7, 11) is 0. The Morgan fingerprint density at radius 1 is 1.40 bits per heavy atom. The van der Waals surface area contributed by atoms with Crippen molar-refractivity contribution in [3.63, 3.8) is 0 Å². The average molecular weight is 293 g/mol. The van der Waals surface area contributed by atoms with E-state index in [0.29, 0.717) is 6.42 Å². The van der Waals surface area contributed by atoms with Crippen LogP contribution in [0, 0.1) is 12.7 Å². The van der Waals surface area contributed by atoms with Crippen LogP contribution in [-0.4, -0.2) is 17.1 Å². The molecule has 5 heteroatoms. The number of hydrogen-bond donors (Lipinski definition) is 2. The van der Waals surface area contributed by atoms with Crippen LogP contribution in [0.25, 0.3) is 0 Å². The molecule has 2 aromatic rings. The third kappa shape index (κ3) is 3.57. The summed E-state index contributed by atoms with van der Waals surface area (Å²) >= 11 is 1.68. The van der Waals surface area contributed by atoms with Crippen molar-refractivity contribution in [2.75, 3.05) is 0 Å². The first-order chi connectivity index (χ1) is 9.45. The predicted octanol–water partition coefficient (Wildman–Crippen LogP) is 3.26. The molecule has 2 rings (SSSR count). The van der Waals surface area contributed by atoms with Gasteiger partial charge < -0.3 is 10.4 Å². The topological polar surface area (TPSA) is 49.3 Å². The molecule has 0 radical (unpaired) electrons. The SMILES string of the molecule is Cc1ccc(CC(C)NC(=O)c2cc(F)ccc2O)s1. The highest BCUT2D eigenvalue weighted by atomic mass is 32.1. The van der Waals surface area contributed by atoms with E-state index < -0.39 is 11.7 Å². The molecule has 1 amide bonds. The van der Waals surface area contributed by atoms with Gasteiger partial charge in [0, 0.05) is 22.2 Å². The van der Waals surface area contributed by atoms with Gasteiger partial charge in [-0.05, 0) is 44.2 Å². The van der Waals surface area contributed by atoms with Crippen molar-refractivity contribution in [3.8, 4) is 5.75 Å². The molecule has 0 fully saturated rings. The Kier molecular flexibility index (Phi) is 4.39. The third-order valence-electron chi connectivity index (χ3n) is 2.88. The molecule has 2 N–H and O–H groups in total. The molecule has 1 atom stereocenters. The van der Waals surface area contributed by atoms with E-state index in [2.05, 4.69) is 5.32 Å². The quantitative estimate of drug-likeness (QED) is 0.909. The summed E-state index contributed by atoms with van der Waals surface area (Å²) in [4.78, 5) is 14.4. The molecular weight excluding hydrogens is 277 g/mol. The zero-order chi connectivity index (χ0) is 14.7. The molecule has 0 aliphatic carbocycles. The Balaban J connectivity index is 2.02. The summed E-state index contributed by atoms with van der Waals surface area (Å²) in [6.07, 6.45) is 0.709. The Bertz CT molecular complexity index is 624. The fraction of sp³-hybridized carbons (Fsp3) is 0.267. The Hall–Kier alpha value is -1.88. The average Bonchev–Trinajstić information content (AvgIpc) is 2.77. The van der Waals surface area contributed by atoms with E-state index in [9.17, 15) is 14.3 Å². The van der Waals surface area contributed by atoms with Crippen LogP contribution < -0.4 is 5.32 Å². The Labute approximate surface area is 121 Å². The van der Waals surface area contributed by atoms with E-state index >= 15 is 0 Å². The van der Waals surface area contributed by atoms with Gasteiger partial charge in [0.15, 0.2) is 0 Å². The van der Waals surface area contributed by atoms with Gasteiger partial charge in [-0.2, -0.15) is 0 Å². The van der Waals surface area contributed by atoms with Crippen molar-refractivity contribution >= 4 is 17.2 Å². The van der Waals surface area contributed by atoms with Crippen LogP contribution in [0.5, 0.6) is 5.75 Å². The van der Waals surface area contributed by atoms with Crippen molar-refractivity contribution in [1.29, 1.82) is 0 Å². The number of carbonyl (C=O) groups excluding carboxylic acids is 1. The van der Waals surface area contributed by atoms with Gasteiger partial charge in [-0.25, -0.2) is 4.39 Å². The van der Waals surface area contributed by atoms with Crippen molar-refractivity contribution in [1.82, 2.24) is 5.32 Å². The summed E-state index contributed by atoms with van der Waals surface area (Å²) in [5, 5.41) is 12.3. The second-order valence-electron chi connectivity index (χ2n) is 4.75. The fourth-order valence-electron chi connectivity index (χ4n) is 1.94. The number of nitrogens with one attached hydrogen (secondary N) is 1. The van der Waals surface area contributed by atoms with Gasteiger partial charge in [-0.15, -0.1) is 11.3 Å². The number of halogens is 1. The van der Waals surface area contributed by atoms with Gasteiger partial charge in [-0.3, -0.25) is 4.79 Å². The number of aromatic hydroxyl groups is 1. The third-order valence-corrected chi connectivity index (χ3v) is 3.91. The van der Waals surface area contributed by atoms with Crippen LogP contribution in [0.15, 0.2) is 30.3 Å². The first-order valence-corrected chi connectivity index (χ1v) is 7.12. The van der Waals surface area contributed by atoms with E-state index in [4.69, 9.17) is 0 Å². The molecule has 0 bridgehead atoms.